The predicted molar refractivity (Wildman–Crippen MR) is 75.2 cm³/mol. The summed E-state index contributed by atoms with van der Waals surface area (Å²) in [6.07, 6.45) is -6.27. The van der Waals surface area contributed by atoms with E-state index in [0.29, 0.717) is 10.7 Å². The molecule has 26 heavy (non-hydrogen) atoms. The molecule has 0 bridgehead atoms. The quantitative estimate of drug-likeness (QED) is 0.596. The number of hydrogen-bond acceptors (Lipinski definition) is 5. The van der Waals surface area contributed by atoms with Gasteiger partial charge in [0.25, 0.3) is 24.7 Å². The van der Waals surface area contributed by atoms with Crippen molar-refractivity contribution in [3.8, 4) is 0 Å². The first kappa shape index (κ1) is 17.6. The summed E-state index contributed by atoms with van der Waals surface area (Å²) >= 11 is 0. The third-order valence-electron chi connectivity index (χ3n) is 3.51. The predicted octanol–water partition coefficient (Wildman–Crippen LogP) is 2.51. The molecule has 7 nitrogen and oxygen atoms in total. The molecule has 1 aromatic heterocycles. The van der Waals surface area contributed by atoms with Crippen LogP contribution in [0.4, 0.5) is 17.6 Å². The second kappa shape index (κ2) is 6.58. The fraction of sp³-hybridized carbons (Fsp3) is 0.200. The first-order chi connectivity index (χ1) is 12.3. The summed E-state index contributed by atoms with van der Waals surface area (Å²) < 4.78 is 51.3. The Bertz CT molecular complexity index is 862. The number of amides is 2. The average molecular weight is 371 g/mol. The fourth-order valence-corrected chi connectivity index (χ4v) is 2.36. The lowest BCUT2D eigenvalue weighted by Gasteiger charge is -2.13. The van der Waals surface area contributed by atoms with Crippen molar-refractivity contribution in [3.63, 3.8) is 0 Å². The molecule has 0 saturated carbocycles. The molecule has 1 aliphatic rings. The third kappa shape index (κ3) is 3.03. The Morgan fingerprint density at radius 3 is 2.12 bits per heavy atom. The number of nitrogens with zero attached hydrogens (tertiary/aromatic N) is 3. The van der Waals surface area contributed by atoms with Crippen LogP contribution in [0.3, 0.4) is 0 Å². The van der Waals surface area contributed by atoms with Crippen LogP contribution in [0, 0.1) is 0 Å². The number of halogens is 4. The molecular weight excluding hydrogens is 362 g/mol. The fourth-order valence-electron chi connectivity index (χ4n) is 2.36. The maximum Gasteiger partial charge on any atom is 0.354 e. The molecule has 1 aliphatic heterocycles. The van der Waals surface area contributed by atoms with Gasteiger partial charge in [0.05, 0.1) is 11.1 Å². The van der Waals surface area contributed by atoms with Gasteiger partial charge in [0, 0.05) is 0 Å². The smallest absolute Gasteiger partial charge is 0.328 e. The summed E-state index contributed by atoms with van der Waals surface area (Å²) in [4.78, 5) is 40.6. The summed E-state index contributed by atoms with van der Waals surface area (Å²) in [5.74, 6) is -3.10. The van der Waals surface area contributed by atoms with Crippen molar-refractivity contribution in [1.29, 1.82) is 0 Å². The monoisotopic (exact) mass is 371 g/mol. The van der Waals surface area contributed by atoms with Crippen LogP contribution in [-0.4, -0.2) is 32.6 Å². The number of alkyl halides is 4. The van der Waals surface area contributed by atoms with Gasteiger partial charge in [-0.15, -0.1) is 0 Å². The van der Waals surface area contributed by atoms with Gasteiger partial charge in [-0.1, -0.05) is 17.2 Å². The van der Waals surface area contributed by atoms with Gasteiger partial charge < -0.3 is 4.84 Å². The highest BCUT2D eigenvalue weighted by Gasteiger charge is 2.38. The largest absolute Gasteiger partial charge is 0.354 e. The molecule has 0 spiro atoms. The zero-order valence-corrected chi connectivity index (χ0v) is 12.7. The number of benzene rings is 1. The molecule has 2 amide bonds. The summed E-state index contributed by atoms with van der Waals surface area (Å²) in [6, 6.07) is 6.16. The van der Waals surface area contributed by atoms with Crippen LogP contribution in [0.15, 0.2) is 30.3 Å². The van der Waals surface area contributed by atoms with Gasteiger partial charge in [0.15, 0.2) is 0 Å². The molecule has 0 atom stereocenters. The molecule has 0 N–H and O–H groups in total. The van der Waals surface area contributed by atoms with E-state index in [1.807, 2.05) is 0 Å². The zero-order chi connectivity index (χ0) is 19.0. The van der Waals surface area contributed by atoms with Gasteiger partial charge in [-0.3, -0.25) is 14.3 Å². The van der Waals surface area contributed by atoms with Crippen molar-refractivity contribution in [2.45, 2.75) is 19.4 Å². The second-order valence-corrected chi connectivity index (χ2v) is 5.17. The minimum absolute atomic E-state index is 0.0117. The zero-order valence-electron chi connectivity index (χ0n) is 12.7. The molecule has 0 unspecified atom stereocenters. The van der Waals surface area contributed by atoms with Crippen molar-refractivity contribution in [2.75, 3.05) is 0 Å². The second-order valence-electron chi connectivity index (χ2n) is 5.17. The van der Waals surface area contributed by atoms with Crippen LogP contribution < -0.4 is 0 Å². The first-order valence-corrected chi connectivity index (χ1v) is 7.12. The Morgan fingerprint density at radius 1 is 1.04 bits per heavy atom. The lowest BCUT2D eigenvalue weighted by molar-refractivity contribution is -0.169. The van der Waals surface area contributed by atoms with E-state index in [1.165, 1.54) is 24.3 Å². The highest BCUT2D eigenvalue weighted by Crippen LogP contribution is 2.26. The molecule has 3 rings (SSSR count). The van der Waals surface area contributed by atoms with Crippen LogP contribution in [0.25, 0.3) is 0 Å². The normalized spacial score (nSPS) is 13.7. The maximum absolute atomic E-state index is 12.9. The van der Waals surface area contributed by atoms with Crippen LogP contribution in [-0.2, 0) is 16.2 Å². The van der Waals surface area contributed by atoms with Crippen molar-refractivity contribution in [1.82, 2.24) is 14.8 Å². The summed E-state index contributed by atoms with van der Waals surface area (Å²) in [5.41, 5.74) is -1.83. The van der Waals surface area contributed by atoms with E-state index in [0.717, 1.165) is 0 Å². The van der Waals surface area contributed by atoms with Crippen LogP contribution in [0.2, 0.25) is 0 Å². The van der Waals surface area contributed by atoms with Crippen molar-refractivity contribution < 1.29 is 36.8 Å². The number of imide groups is 1. The van der Waals surface area contributed by atoms with E-state index >= 15 is 0 Å². The highest BCUT2D eigenvalue weighted by atomic mass is 19.3. The van der Waals surface area contributed by atoms with Gasteiger partial charge in [-0.25, -0.2) is 22.4 Å². The highest BCUT2D eigenvalue weighted by molar-refractivity contribution is 6.20. The minimum atomic E-state index is -3.16. The molecule has 0 radical (unpaired) electrons. The molecule has 2 heterocycles. The summed E-state index contributed by atoms with van der Waals surface area (Å²) in [7, 11) is 0. The molecule has 0 saturated heterocycles. The Morgan fingerprint density at radius 2 is 1.62 bits per heavy atom. The molecule has 2 aromatic rings. The molecule has 1 aromatic carbocycles. The lowest BCUT2D eigenvalue weighted by Crippen LogP contribution is -2.34. The first-order valence-electron chi connectivity index (χ1n) is 7.12. The van der Waals surface area contributed by atoms with Gasteiger partial charge in [-0.2, -0.15) is 5.10 Å². The SMILES string of the molecule is O=C(Cn1nc(C(F)F)cc1C(F)F)ON1C(=O)c2ccccc2C1=O. The van der Waals surface area contributed by atoms with E-state index in [4.69, 9.17) is 0 Å². The van der Waals surface area contributed by atoms with Gasteiger partial charge in [0.1, 0.15) is 17.9 Å². The number of carbonyl (C=O) groups is 3. The number of hydroxylamine groups is 2. The maximum atomic E-state index is 12.9. The Balaban J connectivity index is 1.76. The number of fused-ring (bicyclic) bond motifs is 1. The Kier molecular flexibility index (Phi) is 4.45. The van der Waals surface area contributed by atoms with E-state index in [-0.39, 0.29) is 16.2 Å². The number of carbonyl (C=O) groups excluding carboxylic acids is 3. The molecular formula is C15H9F4N3O4. The number of aromatic nitrogens is 2. The Labute approximate surface area is 142 Å². The van der Waals surface area contributed by atoms with E-state index in [1.54, 1.807) is 0 Å². The third-order valence-corrected chi connectivity index (χ3v) is 3.51. The number of rotatable bonds is 5. The van der Waals surface area contributed by atoms with Crippen LogP contribution in [0.5, 0.6) is 0 Å². The van der Waals surface area contributed by atoms with E-state index in [9.17, 15) is 31.9 Å². The van der Waals surface area contributed by atoms with Crippen molar-refractivity contribution in [3.05, 3.63) is 52.8 Å². The average Bonchev–Trinajstić information content (AvgIpc) is 3.11. The molecule has 136 valence electrons. The van der Waals surface area contributed by atoms with Crippen molar-refractivity contribution >= 4 is 17.8 Å². The standard InChI is InChI=1S/C15H9F4N3O4/c16-12(17)9-5-10(13(18)19)21(20-9)6-11(23)26-22-14(24)7-3-1-2-4-8(7)15(22)25/h1-5,12-13H,6H2. The summed E-state index contributed by atoms with van der Waals surface area (Å²) in [5, 5.41) is 3.41. The summed E-state index contributed by atoms with van der Waals surface area (Å²) in [6.45, 7) is -0.986. The van der Waals surface area contributed by atoms with Gasteiger partial charge in [-0.05, 0) is 18.2 Å². The van der Waals surface area contributed by atoms with Crippen LogP contribution >= 0.6 is 0 Å². The topological polar surface area (TPSA) is 81.5 Å². The Hall–Kier alpha value is -3.24. The van der Waals surface area contributed by atoms with Crippen molar-refractivity contribution in [2.24, 2.45) is 0 Å². The van der Waals surface area contributed by atoms with Gasteiger partial charge in [0.2, 0.25) is 0 Å². The number of hydrogen-bond donors (Lipinski definition) is 0. The molecule has 0 aliphatic carbocycles. The van der Waals surface area contributed by atoms with Crippen LogP contribution in [0.1, 0.15) is 45.0 Å². The molecule has 0 fully saturated rings. The lowest BCUT2D eigenvalue weighted by atomic mass is 10.1. The van der Waals surface area contributed by atoms with E-state index < -0.39 is 48.6 Å². The van der Waals surface area contributed by atoms with Gasteiger partial charge >= 0.3 is 5.97 Å². The molecule has 11 heteroatoms. The minimum Gasteiger partial charge on any atom is -0.328 e. The van der Waals surface area contributed by atoms with E-state index in [2.05, 4.69) is 9.94 Å².